The molecule has 5 heteroatoms. The minimum Gasteiger partial charge on any atom is -0.497 e. The van der Waals surface area contributed by atoms with Crippen molar-refractivity contribution >= 4 is 17.5 Å². The van der Waals surface area contributed by atoms with Crippen molar-refractivity contribution in [2.75, 3.05) is 19.0 Å². The minimum atomic E-state index is -0.0165. The molecule has 5 nitrogen and oxygen atoms in total. The first-order valence-electron chi connectivity index (χ1n) is 10.3. The van der Waals surface area contributed by atoms with E-state index in [1.54, 1.807) is 7.11 Å². The van der Waals surface area contributed by atoms with Gasteiger partial charge in [0.15, 0.2) is 0 Å². The predicted octanol–water partition coefficient (Wildman–Crippen LogP) is 4.11. The Labute approximate surface area is 172 Å². The third kappa shape index (κ3) is 6.08. The van der Waals surface area contributed by atoms with Gasteiger partial charge < -0.3 is 15.4 Å². The van der Waals surface area contributed by atoms with Crippen LogP contribution in [0, 0.1) is 18.8 Å². The van der Waals surface area contributed by atoms with Gasteiger partial charge in [0, 0.05) is 24.1 Å². The van der Waals surface area contributed by atoms with E-state index < -0.39 is 0 Å². The SMILES string of the molecule is COc1cccc(CCNC(=O)C2CCC(C(=O)Nc3ccc(C)cc3)CC2)c1. The maximum absolute atomic E-state index is 12.5. The van der Waals surface area contributed by atoms with E-state index >= 15 is 0 Å². The molecule has 0 heterocycles. The van der Waals surface area contributed by atoms with Crippen molar-refractivity contribution in [2.24, 2.45) is 11.8 Å². The summed E-state index contributed by atoms with van der Waals surface area (Å²) in [5.74, 6) is 0.980. The lowest BCUT2D eigenvalue weighted by molar-refractivity contribution is -0.128. The summed E-state index contributed by atoms with van der Waals surface area (Å²) in [6.45, 7) is 2.63. The normalized spacial score (nSPS) is 18.7. The number of benzene rings is 2. The zero-order valence-electron chi connectivity index (χ0n) is 17.2. The maximum atomic E-state index is 12.5. The second kappa shape index (κ2) is 10.1. The van der Waals surface area contributed by atoms with Crippen LogP contribution in [0.4, 0.5) is 5.69 Å². The molecule has 2 amide bonds. The summed E-state index contributed by atoms with van der Waals surface area (Å²) < 4.78 is 5.23. The fraction of sp³-hybridized carbons (Fsp3) is 0.417. The summed E-state index contributed by atoms with van der Waals surface area (Å²) in [5.41, 5.74) is 3.14. The van der Waals surface area contributed by atoms with Crippen molar-refractivity contribution in [1.82, 2.24) is 5.32 Å². The molecule has 0 atom stereocenters. The number of nitrogens with one attached hydrogen (secondary N) is 2. The molecule has 3 rings (SSSR count). The average molecular weight is 395 g/mol. The van der Waals surface area contributed by atoms with Gasteiger partial charge in [-0.25, -0.2) is 0 Å². The Morgan fingerprint density at radius 2 is 1.62 bits per heavy atom. The van der Waals surface area contributed by atoms with Gasteiger partial charge in [0.25, 0.3) is 0 Å². The zero-order valence-corrected chi connectivity index (χ0v) is 17.2. The average Bonchev–Trinajstić information content (AvgIpc) is 2.75. The van der Waals surface area contributed by atoms with Crippen LogP contribution in [0.15, 0.2) is 48.5 Å². The molecular formula is C24H30N2O3. The fourth-order valence-corrected chi connectivity index (χ4v) is 3.80. The number of methoxy groups -OCH3 is 1. The molecule has 0 unspecified atom stereocenters. The van der Waals surface area contributed by atoms with Crippen LogP contribution in [0.2, 0.25) is 0 Å². The van der Waals surface area contributed by atoms with Gasteiger partial charge in [-0.3, -0.25) is 9.59 Å². The Hall–Kier alpha value is -2.82. The second-order valence-electron chi connectivity index (χ2n) is 7.80. The molecule has 2 aromatic carbocycles. The van der Waals surface area contributed by atoms with E-state index in [1.807, 2.05) is 55.5 Å². The van der Waals surface area contributed by atoms with Crippen molar-refractivity contribution in [2.45, 2.75) is 39.0 Å². The third-order valence-electron chi connectivity index (χ3n) is 5.63. The lowest BCUT2D eigenvalue weighted by Gasteiger charge is -2.27. The Morgan fingerprint density at radius 3 is 2.28 bits per heavy atom. The third-order valence-corrected chi connectivity index (χ3v) is 5.63. The van der Waals surface area contributed by atoms with Crippen LogP contribution in [-0.4, -0.2) is 25.5 Å². The van der Waals surface area contributed by atoms with Gasteiger partial charge >= 0.3 is 0 Å². The van der Waals surface area contributed by atoms with Crippen LogP contribution >= 0.6 is 0 Å². The lowest BCUT2D eigenvalue weighted by atomic mass is 9.81. The lowest BCUT2D eigenvalue weighted by Crippen LogP contribution is -2.36. The van der Waals surface area contributed by atoms with Crippen LogP contribution in [-0.2, 0) is 16.0 Å². The van der Waals surface area contributed by atoms with E-state index in [2.05, 4.69) is 10.6 Å². The number of anilines is 1. The number of aryl methyl sites for hydroxylation is 1. The summed E-state index contributed by atoms with van der Waals surface area (Å²) in [7, 11) is 1.65. The smallest absolute Gasteiger partial charge is 0.227 e. The summed E-state index contributed by atoms with van der Waals surface area (Å²) in [4.78, 5) is 25.0. The zero-order chi connectivity index (χ0) is 20.6. The molecule has 1 aliphatic carbocycles. The molecule has 0 aromatic heterocycles. The molecule has 2 aromatic rings. The van der Waals surface area contributed by atoms with Crippen molar-refractivity contribution in [1.29, 1.82) is 0 Å². The van der Waals surface area contributed by atoms with Crippen molar-refractivity contribution < 1.29 is 14.3 Å². The van der Waals surface area contributed by atoms with E-state index in [4.69, 9.17) is 4.74 Å². The summed E-state index contributed by atoms with van der Waals surface area (Å²) in [5, 5.41) is 6.04. The van der Waals surface area contributed by atoms with Gasteiger partial charge in [-0.15, -0.1) is 0 Å². The summed E-state index contributed by atoms with van der Waals surface area (Å²) >= 11 is 0. The van der Waals surface area contributed by atoms with Crippen molar-refractivity contribution in [3.05, 3.63) is 59.7 Å². The molecule has 1 aliphatic rings. The van der Waals surface area contributed by atoms with Crippen LogP contribution in [0.5, 0.6) is 5.75 Å². The number of hydrogen-bond donors (Lipinski definition) is 2. The molecule has 1 saturated carbocycles. The number of rotatable bonds is 7. The second-order valence-corrected chi connectivity index (χ2v) is 7.80. The Balaban J connectivity index is 1.39. The van der Waals surface area contributed by atoms with Gasteiger partial charge in [-0.1, -0.05) is 29.8 Å². The van der Waals surface area contributed by atoms with Gasteiger partial charge in [0.05, 0.1) is 7.11 Å². The van der Waals surface area contributed by atoms with E-state index in [9.17, 15) is 9.59 Å². The largest absolute Gasteiger partial charge is 0.497 e. The molecule has 0 spiro atoms. The molecule has 29 heavy (non-hydrogen) atoms. The highest BCUT2D eigenvalue weighted by molar-refractivity contribution is 5.92. The summed E-state index contributed by atoms with van der Waals surface area (Å²) in [6.07, 6.45) is 3.81. The van der Waals surface area contributed by atoms with E-state index in [0.29, 0.717) is 6.54 Å². The van der Waals surface area contributed by atoms with Gasteiger partial charge in [-0.05, 0) is 68.9 Å². The Bertz CT molecular complexity index is 824. The highest BCUT2D eigenvalue weighted by Crippen LogP contribution is 2.30. The van der Waals surface area contributed by atoms with E-state index in [-0.39, 0.29) is 23.7 Å². The quantitative estimate of drug-likeness (QED) is 0.743. The van der Waals surface area contributed by atoms with Gasteiger partial charge in [-0.2, -0.15) is 0 Å². The van der Waals surface area contributed by atoms with Crippen LogP contribution in [0.3, 0.4) is 0 Å². The number of carbonyl (C=O) groups is 2. The van der Waals surface area contributed by atoms with Gasteiger partial charge in [0.2, 0.25) is 11.8 Å². The Morgan fingerprint density at radius 1 is 0.966 bits per heavy atom. The molecular weight excluding hydrogens is 364 g/mol. The fourth-order valence-electron chi connectivity index (χ4n) is 3.80. The predicted molar refractivity (Wildman–Crippen MR) is 115 cm³/mol. The first-order valence-corrected chi connectivity index (χ1v) is 10.3. The van der Waals surface area contributed by atoms with E-state index in [1.165, 1.54) is 5.56 Å². The molecule has 0 radical (unpaired) electrons. The van der Waals surface area contributed by atoms with Crippen molar-refractivity contribution in [3.63, 3.8) is 0 Å². The highest BCUT2D eigenvalue weighted by Gasteiger charge is 2.29. The Kier molecular flexibility index (Phi) is 7.28. The molecule has 0 saturated heterocycles. The first kappa shape index (κ1) is 20.9. The number of ether oxygens (including phenoxy) is 1. The summed E-state index contributed by atoms with van der Waals surface area (Å²) in [6, 6.07) is 15.7. The number of hydrogen-bond acceptors (Lipinski definition) is 3. The molecule has 1 fully saturated rings. The first-order chi connectivity index (χ1) is 14.0. The topological polar surface area (TPSA) is 67.4 Å². The standard InChI is InChI=1S/C24H30N2O3/c1-17-6-12-21(13-7-17)26-24(28)20-10-8-19(9-11-20)23(27)25-15-14-18-4-3-5-22(16-18)29-2/h3-7,12-13,16,19-20H,8-11,14-15H2,1-2H3,(H,25,27)(H,26,28). The number of carbonyl (C=O) groups excluding carboxylic acids is 2. The minimum absolute atomic E-state index is 0.00346. The highest BCUT2D eigenvalue weighted by atomic mass is 16.5. The van der Waals surface area contributed by atoms with Crippen LogP contribution in [0.25, 0.3) is 0 Å². The van der Waals surface area contributed by atoms with E-state index in [0.717, 1.165) is 49.1 Å². The molecule has 154 valence electrons. The maximum Gasteiger partial charge on any atom is 0.227 e. The van der Waals surface area contributed by atoms with Crippen LogP contribution < -0.4 is 15.4 Å². The van der Waals surface area contributed by atoms with Crippen molar-refractivity contribution in [3.8, 4) is 5.75 Å². The van der Waals surface area contributed by atoms with Gasteiger partial charge in [0.1, 0.15) is 5.75 Å². The molecule has 0 bridgehead atoms. The number of amides is 2. The monoisotopic (exact) mass is 394 g/mol. The molecule has 2 N–H and O–H groups in total. The van der Waals surface area contributed by atoms with Crippen LogP contribution in [0.1, 0.15) is 36.8 Å². The molecule has 0 aliphatic heterocycles.